The molecule has 84 valence electrons. The van der Waals surface area contributed by atoms with Crippen molar-refractivity contribution in [2.45, 2.75) is 33.4 Å². The fraction of sp³-hybridized carbons (Fsp3) is 0.538. The summed E-state index contributed by atoms with van der Waals surface area (Å²) in [6.45, 7) is 7.52. The van der Waals surface area contributed by atoms with E-state index < -0.39 is 0 Å². The van der Waals surface area contributed by atoms with Crippen molar-refractivity contribution in [2.24, 2.45) is 5.92 Å². The summed E-state index contributed by atoms with van der Waals surface area (Å²) in [6.07, 6.45) is 0. The Bertz CT molecular complexity index is 296. The van der Waals surface area contributed by atoms with E-state index in [1.165, 1.54) is 5.56 Å². The molecule has 0 saturated carbocycles. The van der Waals surface area contributed by atoms with Gasteiger partial charge in [-0.1, -0.05) is 32.0 Å². The van der Waals surface area contributed by atoms with Crippen LogP contribution in [0.5, 0.6) is 5.75 Å². The van der Waals surface area contributed by atoms with Crippen LogP contribution < -0.4 is 10.1 Å². The number of ether oxygens (including phenoxy) is 1. The lowest BCUT2D eigenvalue weighted by molar-refractivity contribution is 0.395. The van der Waals surface area contributed by atoms with Gasteiger partial charge in [0.05, 0.1) is 7.11 Å². The molecule has 0 aromatic heterocycles. The Hall–Kier alpha value is -1.02. The first-order valence-electron chi connectivity index (χ1n) is 5.50. The molecule has 0 bridgehead atoms. The highest BCUT2D eigenvalue weighted by Crippen LogP contribution is 2.17. The fourth-order valence-corrected chi connectivity index (χ4v) is 1.36. The van der Waals surface area contributed by atoms with Gasteiger partial charge in [0.1, 0.15) is 5.75 Å². The number of hydrogen-bond donors (Lipinski definition) is 1. The standard InChI is InChI=1S/C13H21NO/c1-10(2)11(3)14-9-12-7-5-6-8-13(12)15-4/h5-8,10-11,14H,9H2,1-4H3. The number of benzene rings is 1. The molecule has 1 aromatic carbocycles. The molecule has 1 N–H and O–H groups in total. The van der Waals surface area contributed by atoms with Crippen LogP contribution in [0.2, 0.25) is 0 Å². The Labute approximate surface area is 92.6 Å². The topological polar surface area (TPSA) is 21.3 Å². The summed E-state index contributed by atoms with van der Waals surface area (Å²) in [7, 11) is 1.71. The maximum absolute atomic E-state index is 5.30. The molecule has 0 aliphatic carbocycles. The van der Waals surface area contributed by atoms with Gasteiger partial charge in [0.25, 0.3) is 0 Å². The molecule has 15 heavy (non-hydrogen) atoms. The van der Waals surface area contributed by atoms with E-state index in [1.54, 1.807) is 7.11 Å². The van der Waals surface area contributed by atoms with Crippen molar-refractivity contribution < 1.29 is 4.74 Å². The van der Waals surface area contributed by atoms with Crippen LogP contribution in [0.1, 0.15) is 26.3 Å². The van der Waals surface area contributed by atoms with Gasteiger partial charge in [-0.05, 0) is 18.9 Å². The summed E-state index contributed by atoms with van der Waals surface area (Å²) in [5.74, 6) is 1.61. The third kappa shape index (κ3) is 3.56. The molecular weight excluding hydrogens is 186 g/mol. The second-order valence-electron chi connectivity index (χ2n) is 4.23. The highest BCUT2D eigenvalue weighted by Gasteiger charge is 2.07. The molecule has 0 radical (unpaired) electrons. The first kappa shape index (κ1) is 12.1. The monoisotopic (exact) mass is 207 g/mol. The average Bonchev–Trinajstić information content (AvgIpc) is 2.26. The summed E-state index contributed by atoms with van der Waals surface area (Å²) >= 11 is 0. The maximum Gasteiger partial charge on any atom is 0.123 e. The second-order valence-corrected chi connectivity index (χ2v) is 4.23. The van der Waals surface area contributed by atoms with Gasteiger partial charge in [0, 0.05) is 18.2 Å². The van der Waals surface area contributed by atoms with Gasteiger partial charge in [-0.3, -0.25) is 0 Å². The van der Waals surface area contributed by atoms with Crippen molar-refractivity contribution >= 4 is 0 Å². The van der Waals surface area contributed by atoms with Gasteiger partial charge in [0.15, 0.2) is 0 Å². The zero-order valence-electron chi connectivity index (χ0n) is 10.1. The van der Waals surface area contributed by atoms with Gasteiger partial charge in [-0.2, -0.15) is 0 Å². The Morgan fingerprint density at radius 2 is 1.87 bits per heavy atom. The summed E-state index contributed by atoms with van der Waals surface area (Å²) < 4.78 is 5.30. The smallest absolute Gasteiger partial charge is 0.123 e. The van der Waals surface area contributed by atoms with E-state index in [-0.39, 0.29) is 0 Å². The van der Waals surface area contributed by atoms with Crippen molar-refractivity contribution in [1.82, 2.24) is 5.32 Å². The third-order valence-electron chi connectivity index (χ3n) is 2.81. The Morgan fingerprint density at radius 1 is 1.20 bits per heavy atom. The van der Waals surface area contributed by atoms with Crippen LogP contribution >= 0.6 is 0 Å². The fourth-order valence-electron chi connectivity index (χ4n) is 1.36. The first-order valence-corrected chi connectivity index (χ1v) is 5.50. The first-order chi connectivity index (χ1) is 7.15. The molecule has 0 aliphatic heterocycles. The molecule has 1 unspecified atom stereocenters. The average molecular weight is 207 g/mol. The van der Waals surface area contributed by atoms with Gasteiger partial charge in [-0.25, -0.2) is 0 Å². The molecule has 0 amide bonds. The molecule has 0 spiro atoms. The van der Waals surface area contributed by atoms with E-state index in [2.05, 4.69) is 32.2 Å². The SMILES string of the molecule is COc1ccccc1CNC(C)C(C)C. The summed E-state index contributed by atoms with van der Waals surface area (Å²) in [4.78, 5) is 0. The van der Waals surface area contributed by atoms with Crippen molar-refractivity contribution in [3.8, 4) is 5.75 Å². The summed E-state index contributed by atoms with van der Waals surface area (Å²) in [5.41, 5.74) is 1.22. The largest absolute Gasteiger partial charge is 0.496 e. The number of nitrogens with one attached hydrogen (secondary N) is 1. The maximum atomic E-state index is 5.30. The van der Waals surface area contributed by atoms with E-state index in [0.717, 1.165) is 12.3 Å². The molecular formula is C13H21NO. The molecule has 2 nitrogen and oxygen atoms in total. The Balaban J connectivity index is 2.57. The van der Waals surface area contributed by atoms with Crippen LogP contribution in [-0.4, -0.2) is 13.2 Å². The lowest BCUT2D eigenvalue weighted by Crippen LogP contribution is -2.30. The van der Waals surface area contributed by atoms with E-state index >= 15 is 0 Å². The highest BCUT2D eigenvalue weighted by molar-refractivity contribution is 5.32. The predicted octanol–water partition coefficient (Wildman–Crippen LogP) is 2.83. The molecule has 1 atom stereocenters. The summed E-state index contributed by atoms with van der Waals surface area (Å²) in [6, 6.07) is 8.65. The van der Waals surface area contributed by atoms with Crippen LogP contribution in [0.25, 0.3) is 0 Å². The van der Waals surface area contributed by atoms with Gasteiger partial charge in [0.2, 0.25) is 0 Å². The normalized spacial score (nSPS) is 12.9. The zero-order valence-corrected chi connectivity index (χ0v) is 10.1. The number of methoxy groups -OCH3 is 1. The van der Waals surface area contributed by atoms with Crippen LogP contribution in [0.3, 0.4) is 0 Å². The van der Waals surface area contributed by atoms with E-state index in [0.29, 0.717) is 12.0 Å². The van der Waals surface area contributed by atoms with Crippen LogP contribution in [0, 0.1) is 5.92 Å². The van der Waals surface area contributed by atoms with E-state index in [9.17, 15) is 0 Å². The van der Waals surface area contributed by atoms with Crippen molar-refractivity contribution in [2.75, 3.05) is 7.11 Å². The summed E-state index contributed by atoms with van der Waals surface area (Å²) in [5, 5.41) is 3.49. The molecule has 0 saturated heterocycles. The quantitative estimate of drug-likeness (QED) is 0.801. The molecule has 0 fully saturated rings. The van der Waals surface area contributed by atoms with Gasteiger partial charge < -0.3 is 10.1 Å². The second kappa shape index (κ2) is 5.76. The third-order valence-corrected chi connectivity index (χ3v) is 2.81. The van der Waals surface area contributed by atoms with E-state index in [1.807, 2.05) is 18.2 Å². The number of para-hydroxylation sites is 1. The molecule has 1 rings (SSSR count). The van der Waals surface area contributed by atoms with Crippen molar-refractivity contribution in [3.05, 3.63) is 29.8 Å². The minimum Gasteiger partial charge on any atom is -0.496 e. The van der Waals surface area contributed by atoms with Crippen LogP contribution in [-0.2, 0) is 6.54 Å². The van der Waals surface area contributed by atoms with Crippen LogP contribution in [0.15, 0.2) is 24.3 Å². The minimum atomic E-state index is 0.523. The highest BCUT2D eigenvalue weighted by atomic mass is 16.5. The lowest BCUT2D eigenvalue weighted by atomic mass is 10.1. The van der Waals surface area contributed by atoms with Gasteiger partial charge in [-0.15, -0.1) is 0 Å². The van der Waals surface area contributed by atoms with Crippen molar-refractivity contribution in [3.63, 3.8) is 0 Å². The molecule has 2 heteroatoms. The molecule has 1 aromatic rings. The predicted molar refractivity (Wildman–Crippen MR) is 64.1 cm³/mol. The zero-order chi connectivity index (χ0) is 11.3. The number of hydrogen-bond acceptors (Lipinski definition) is 2. The van der Waals surface area contributed by atoms with Crippen molar-refractivity contribution in [1.29, 1.82) is 0 Å². The Kier molecular flexibility index (Phi) is 4.63. The molecule has 0 aliphatic rings. The molecule has 0 heterocycles. The van der Waals surface area contributed by atoms with Gasteiger partial charge >= 0.3 is 0 Å². The Morgan fingerprint density at radius 3 is 2.47 bits per heavy atom. The minimum absolute atomic E-state index is 0.523. The number of rotatable bonds is 5. The lowest BCUT2D eigenvalue weighted by Gasteiger charge is -2.18. The van der Waals surface area contributed by atoms with Crippen LogP contribution in [0.4, 0.5) is 0 Å². The van der Waals surface area contributed by atoms with E-state index in [4.69, 9.17) is 4.74 Å².